The third-order valence-electron chi connectivity index (χ3n) is 3.13. The van der Waals surface area contributed by atoms with E-state index in [-0.39, 0.29) is 12.5 Å². The minimum atomic E-state index is -0.773. The van der Waals surface area contributed by atoms with Crippen LogP contribution in [0.2, 0.25) is 0 Å². The van der Waals surface area contributed by atoms with Crippen LogP contribution in [0.5, 0.6) is 0 Å². The molecule has 0 fully saturated rings. The Labute approximate surface area is 122 Å². The molecule has 0 aliphatic rings. The van der Waals surface area contributed by atoms with E-state index < -0.39 is 5.97 Å². The van der Waals surface area contributed by atoms with Crippen LogP contribution in [-0.4, -0.2) is 28.6 Å². The second-order valence-electron chi connectivity index (χ2n) is 4.94. The minimum absolute atomic E-state index is 0.175. The van der Waals surface area contributed by atoms with E-state index in [0.717, 1.165) is 6.42 Å². The molecule has 0 spiro atoms. The average molecular weight is 299 g/mol. The summed E-state index contributed by atoms with van der Waals surface area (Å²) in [5.74, 6) is -0.0745. The van der Waals surface area contributed by atoms with E-state index >= 15 is 0 Å². The molecule has 1 rings (SSSR count). The summed E-state index contributed by atoms with van der Waals surface area (Å²) < 4.78 is 0. The van der Waals surface area contributed by atoms with Gasteiger partial charge in [-0.1, -0.05) is 13.8 Å². The predicted molar refractivity (Wildman–Crippen MR) is 79.0 cm³/mol. The van der Waals surface area contributed by atoms with E-state index in [1.807, 2.05) is 0 Å². The monoisotopic (exact) mass is 299 g/mol. The highest BCUT2D eigenvalue weighted by Crippen LogP contribution is 2.20. The Bertz CT molecular complexity index is 421. The maximum absolute atomic E-state index is 11.6. The molecular formula is C13H21N3O3S. The van der Waals surface area contributed by atoms with E-state index in [9.17, 15) is 9.59 Å². The number of carbonyl (C=O) groups excluding carboxylic acids is 1. The minimum Gasteiger partial charge on any atom is -0.481 e. The largest absolute Gasteiger partial charge is 0.481 e. The van der Waals surface area contributed by atoms with Gasteiger partial charge in [0.15, 0.2) is 5.13 Å². The fraction of sp³-hybridized carbons (Fsp3) is 0.615. The van der Waals surface area contributed by atoms with Crippen LogP contribution in [0.4, 0.5) is 9.93 Å². The third-order valence-corrected chi connectivity index (χ3v) is 3.81. The summed E-state index contributed by atoms with van der Waals surface area (Å²) >= 11 is 1.36. The van der Waals surface area contributed by atoms with Gasteiger partial charge >= 0.3 is 12.0 Å². The highest BCUT2D eigenvalue weighted by Gasteiger charge is 2.15. The maximum Gasteiger partial charge on any atom is 0.321 e. The molecule has 6 nitrogen and oxygen atoms in total. The van der Waals surface area contributed by atoms with Crippen molar-refractivity contribution in [3.8, 4) is 0 Å². The van der Waals surface area contributed by atoms with Crippen molar-refractivity contribution in [3.63, 3.8) is 0 Å². The van der Waals surface area contributed by atoms with Gasteiger partial charge < -0.3 is 10.4 Å². The molecule has 112 valence electrons. The zero-order valence-corrected chi connectivity index (χ0v) is 12.6. The number of thiazole rings is 1. The molecule has 20 heavy (non-hydrogen) atoms. The number of hydrogen-bond donors (Lipinski definition) is 3. The van der Waals surface area contributed by atoms with Crippen LogP contribution in [-0.2, 0) is 4.79 Å². The SMILES string of the molecule is CC(C)C(CCNC(=O)Nc1nccs1)CCC(=O)O. The molecule has 3 N–H and O–H groups in total. The van der Waals surface area contributed by atoms with Crippen LogP contribution < -0.4 is 10.6 Å². The molecule has 2 amide bonds. The molecule has 1 atom stereocenters. The van der Waals surface area contributed by atoms with Crippen molar-refractivity contribution in [2.24, 2.45) is 11.8 Å². The van der Waals surface area contributed by atoms with E-state index in [1.54, 1.807) is 11.6 Å². The summed E-state index contributed by atoms with van der Waals surface area (Å²) in [6, 6.07) is -0.277. The van der Waals surface area contributed by atoms with Crippen molar-refractivity contribution < 1.29 is 14.7 Å². The molecule has 1 aromatic heterocycles. The first-order valence-corrected chi connectivity index (χ1v) is 7.53. The number of aliphatic carboxylic acids is 1. The number of urea groups is 1. The molecule has 0 aliphatic heterocycles. The van der Waals surface area contributed by atoms with Crippen molar-refractivity contribution in [3.05, 3.63) is 11.6 Å². The van der Waals surface area contributed by atoms with Gasteiger partial charge in [-0.15, -0.1) is 11.3 Å². The van der Waals surface area contributed by atoms with Gasteiger partial charge in [-0.05, 0) is 24.7 Å². The number of carbonyl (C=O) groups is 2. The van der Waals surface area contributed by atoms with Crippen LogP contribution >= 0.6 is 11.3 Å². The van der Waals surface area contributed by atoms with Crippen molar-refractivity contribution in [2.75, 3.05) is 11.9 Å². The van der Waals surface area contributed by atoms with Gasteiger partial charge in [-0.25, -0.2) is 9.78 Å². The molecular weight excluding hydrogens is 278 g/mol. The summed E-state index contributed by atoms with van der Waals surface area (Å²) in [6.07, 6.45) is 3.22. The number of nitrogens with one attached hydrogen (secondary N) is 2. The normalized spacial score (nSPS) is 12.2. The smallest absolute Gasteiger partial charge is 0.321 e. The topological polar surface area (TPSA) is 91.3 Å². The van der Waals surface area contributed by atoms with Crippen molar-refractivity contribution in [1.82, 2.24) is 10.3 Å². The number of nitrogens with zero attached hydrogens (tertiary/aromatic N) is 1. The standard InChI is InChI=1S/C13H21N3O3S/c1-9(2)10(3-4-11(17)18)5-6-14-12(19)16-13-15-7-8-20-13/h7-10H,3-6H2,1-2H3,(H,17,18)(H2,14,15,16,19). The van der Waals surface area contributed by atoms with Gasteiger partial charge in [0.25, 0.3) is 0 Å². The van der Waals surface area contributed by atoms with Gasteiger partial charge in [0.1, 0.15) is 0 Å². The number of carboxylic acid groups (broad SMARTS) is 1. The fourth-order valence-corrected chi connectivity index (χ4v) is 2.44. The molecule has 1 aromatic rings. The van der Waals surface area contributed by atoms with E-state index in [4.69, 9.17) is 5.11 Å². The van der Waals surface area contributed by atoms with Crippen molar-refractivity contribution in [1.29, 1.82) is 0 Å². The molecule has 7 heteroatoms. The highest BCUT2D eigenvalue weighted by atomic mass is 32.1. The first-order chi connectivity index (χ1) is 9.49. The maximum atomic E-state index is 11.6. The molecule has 1 unspecified atom stereocenters. The van der Waals surface area contributed by atoms with Gasteiger partial charge in [0.05, 0.1) is 0 Å². The van der Waals surface area contributed by atoms with Gasteiger partial charge in [0, 0.05) is 24.5 Å². The Hall–Kier alpha value is -1.63. The van der Waals surface area contributed by atoms with Crippen molar-refractivity contribution >= 4 is 28.5 Å². The Kier molecular flexibility index (Phi) is 7.00. The van der Waals surface area contributed by atoms with E-state index in [0.29, 0.717) is 29.9 Å². The summed E-state index contributed by atoms with van der Waals surface area (Å²) in [5, 5.41) is 16.5. The Morgan fingerprint density at radius 2 is 2.15 bits per heavy atom. The zero-order valence-electron chi connectivity index (χ0n) is 11.8. The molecule has 0 bridgehead atoms. The van der Waals surface area contributed by atoms with Crippen LogP contribution in [0.25, 0.3) is 0 Å². The average Bonchev–Trinajstić information content (AvgIpc) is 2.85. The summed E-state index contributed by atoms with van der Waals surface area (Å²) in [4.78, 5) is 26.1. The lowest BCUT2D eigenvalue weighted by Gasteiger charge is -2.20. The van der Waals surface area contributed by atoms with Crippen LogP contribution in [0, 0.1) is 11.8 Å². The van der Waals surface area contributed by atoms with Gasteiger partial charge in [0.2, 0.25) is 0 Å². The molecule has 1 heterocycles. The summed E-state index contributed by atoms with van der Waals surface area (Å²) in [5.41, 5.74) is 0. The quantitative estimate of drug-likeness (QED) is 0.688. The second-order valence-corrected chi connectivity index (χ2v) is 5.84. The Morgan fingerprint density at radius 3 is 2.70 bits per heavy atom. The molecule has 0 aliphatic carbocycles. The van der Waals surface area contributed by atoms with E-state index in [1.165, 1.54) is 11.3 Å². The summed E-state index contributed by atoms with van der Waals surface area (Å²) in [6.45, 7) is 4.67. The van der Waals surface area contributed by atoms with Crippen LogP contribution in [0.1, 0.15) is 33.1 Å². The van der Waals surface area contributed by atoms with Crippen LogP contribution in [0.15, 0.2) is 11.6 Å². The lowest BCUT2D eigenvalue weighted by atomic mass is 9.88. The zero-order chi connectivity index (χ0) is 15.0. The van der Waals surface area contributed by atoms with E-state index in [2.05, 4.69) is 29.5 Å². The number of anilines is 1. The molecule has 0 saturated heterocycles. The first kappa shape index (κ1) is 16.4. The Morgan fingerprint density at radius 1 is 1.40 bits per heavy atom. The second kappa shape index (κ2) is 8.52. The summed E-state index contributed by atoms with van der Waals surface area (Å²) in [7, 11) is 0. The number of carboxylic acids is 1. The van der Waals surface area contributed by atoms with Gasteiger partial charge in [-0.3, -0.25) is 10.1 Å². The molecule has 0 radical (unpaired) electrons. The highest BCUT2D eigenvalue weighted by molar-refractivity contribution is 7.13. The lowest BCUT2D eigenvalue weighted by molar-refractivity contribution is -0.137. The molecule has 0 aromatic carbocycles. The third kappa shape index (κ3) is 6.51. The predicted octanol–water partition coefficient (Wildman–Crippen LogP) is 2.79. The lowest BCUT2D eigenvalue weighted by Crippen LogP contribution is -2.31. The number of aromatic nitrogens is 1. The first-order valence-electron chi connectivity index (χ1n) is 6.65. The fourth-order valence-electron chi connectivity index (χ4n) is 1.92. The van der Waals surface area contributed by atoms with Crippen molar-refractivity contribution in [2.45, 2.75) is 33.1 Å². The van der Waals surface area contributed by atoms with Crippen LogP contribution in [0.3, 0.4) is 0 Å². The Balaban J connectivity index is 2.25. The molecule has 0 saturated carbocycles. The number of amides is 2. The number of hydrogen-bond acceptors (Lipinski definition) is 4. The number of rotatable bonds is 8. The van der Waals surface area contributed by atoms with Gasteiger partial charge in [-0.2, -0.15) is 0 Å².